The van der Waals surface area contributed by atoms with E-state index in [-0.39, 0.29) is 17.7 Å². The highest BCUT2D eigenvalue weighted by molar-refractivity contribution is 5.99. The van der Waals surface area contributed by atoms with Crippen LogP contribution < -0.4 is 0 Å². The van der Waals surface area contributed by atoms with E-state index in [1.807, 2.05) is 13.8 Å². The molecule has 3 heteroatoms. The van der Waals surface area contributed by atoms with E-state index in [1.54, 1.807) is 0 Å². The maximum Gasteiger partial charge on any atom is 0.316 e. The summed E-state index contributed by atoms with van der Waals surface area (Å²) in [5, 5.41) is 0. The standard InChI is InChI=1S/C11H18O3/c1-7(2)10(11(13)14-3)9(12)6-8-4-5-8/h7-8,10H,4-6H2,1-3H3. The summed E-state index contributed by atoms with van der Waals surface area (Å²) in [5.41, 5.74) is 0. The molecule has 0 heterocycles. The lowest BCUT2D eigenvalue weighted by atomic mass is 9.89. The Labute approximate surface area is 84.8 Å². The minimum absolute atomic E-state index is 0.0358. The van der Waals surface area contributed by atoms with Gasteiger partial charge < -0.3 is 4.74 Å². The van der Waals surface area contributed by atoms with Gasteiger partial charge in [0.2, 0.25) is 0 Å². The molecule has 1 unspecified atom stereocenters. The van der Waals surface area contributed by atoms with Crippen LogP contribution in [0.3, 0.4) is 0 Å². The Bertz CT molecular complexity index is 229. The molecule has 0 saturated heterocycles. The largest absolute Gasteiger partial charge is 0.468 e. The molecule has 0 radical (unpaired) electrons. The van der Waals surface area contributed by atoms with Gasteiger partial charge in [-0.25, -0.2) is 0 Å². The molecule has 1 saturated carbocycles. The van der Waals surface area contributed by atoms with Crippen molar-refractivity contribution in [3.05, 3.63) is 0 Å². The summed E-state index contributed by atoms with van der Waals surface area (Å²) >= 11 is 0. The van der Waals surface area contributed by atoms with Crippen LogP contribution >= 0.6 is 0 Å². The highest BCUT2D eigenvalue weighted by Gasteiger charge is 2.34. The van der Waals surface area contributed by atoms with Gasteiger partial charge >= 0.3 is 5.97 Å². The van der Waals surface area contributed by atoms with Gasteiger partial charge in [-0.15, -0.1) is 0 Å². The van der Waals surface area contributed by atoms with E-state index in [0.29, 0.717) is 12.3 Å². The zero-order valence-corrected chi connectivity index (χ0v) is 9.08. The van der Waals surface area contributed by atoms with E-state index in [1.165, 1.54) is 7.11 Å². The third kappa shape index (κ3) is 2.82. The molecule has 3 nitrogen and oxygen atoms in total. The molecule has 0 aromatic heterocycles. The first-order valence-electron chi connectivity index (χ1n) is 5.16. The van der Waals surface area contributed by atoms with Crippen molar-refractivity contribution in [2.24, 2.45) is 17.8 Å². The number of hydrogen-bond acceptors (Lipinski definition) is 3. The first kappa shape index (κ1) is 11.2. The summed E-state index contributed by atoms with van der Waals surface area (Å²) in [7, 11) is 1.34. The first-order chi connectivity index (χ1) is 6.56. The van der Waals surface area contributed by atoms with Crippen molar-refractivity contribution in [2.75, 3.05) is 7.11 Å². The summed E-state index contributed by atoms with van der Waals surface area (Å²) < 4.78 is 4.64. The van der Waals surface area contributed by atoms with E-state index >= 15 is 0 Å². The summed E-state index contributed by atoms with van der Waals surface area (Å²) in [6, 6.07) is 0. The summed E-state index contributed by atoms with van der Waals surface area (Å²) in [5.74, 6) is -0.317. The molecular formula is C11H18O3. The van der Waals surface area contributed by atoms with E-state index in [4.69, 9.17) is 0 Å². The van der Waals surface area contributed by atoms with Gasteiger partial charge in [-0.3, -0.25) is 9.59 Å². The molecule has 0 bridgehead atoms. The number of carbonyl (C=O) groups is 2. The second-order valence-corrected chi connectivity index (χ2v) is 4.36. The van der Waals surface area contributed by atoms with Crippen LogP contribution in [0, 0.1) is 17.8 Å². The smallest absolute Gasteiger partial charge is 0.316 e. The lowest BCUT2D eigenvalue weighted by Crippen LogP contribution is -2.30. The fraction of sp³-hybridized carbons (Fsp3) is 0.818. The van der Waals surface area contributed by atoms with Crippen LogP contribution in [0.25, 0.3) is 0 Å². The van der Waals surface area contributed by atoms with Crippen molar-refractivity contribution in [1.29, 1.82) is 0 Å². The quantitative estimate of drug-likeness (QED) is 0.499. The third-order valence-corrected chi connectivity index (χ3v) is 2.66. The molecule has 0 aromatic carbocycles. The van der Waals surface area contributed by atoms with E-state index in [2.05, 4.69) is 4.74 Å². The van der Waals surface area contributed by atoms with Crippen molar-refractivity contribution in [2.45, 2.75) is 33.1 Å². The van der Waals surface area contributed by atoms with Crippen LogP contribution in [0.15, 0.2) is 0 Å². The topological polar surface area (TPSA) is 43.4 Å². The molecule has 1 aliphatic carbocycles. The van der Waals surface area contributed by atoms with Crippen molar-refractivity contribution >= 4 is 11.8 Å². The van der Waals surface area contributed by atoms with Gasteiger partial charge in [0.15, 0.2) is 0 Å². The minimum atomic E-state index is -0.555. The first-order valence-corrected chi connectivity index (χ1v) is 5.16. The van der Waals surface area contributed by atoms with Gasteiger partial charge in [0.1, 0.15) is 11.7 Å². The van der Waals surface area contributed by atoms with E-state index in [9.17, 15) is 9.59 Å². The van der Waals surface area contributed by atoms with Crippen LogP contribution in [0.4, 0.5) is 0 Å². The summed E-state index contributed by atoms with van der Waals surface area (Å²) in [6.07, 6.45) is 2.83. The number of rotatable bonds is 5. The van der Waals surface area contributed by atoms with Crippen LogP contribution in [-0.4, -0.2) is 18.9 Å². The fourth-order valence-electron chi connectivity index (χ4n) is 1.64. The molecule has 0 amide bonds. The molecule has 0 N–H and O–H groups in total. The van der Waals surface area contributed by atoms with Gasteiger partial charge in [-0.05, 0) is 24.7 Å². The SMILES string of the molecule is COC(=O)C(C(=O)CC1CC1)C(C)C. The second-order valence-electron chi connectivity index (χ2n) is 4.36. The number of carbonyl (C=O) groups excluding carboxylic acids is 2. The van der Waals surface area contributed by atoms with Crippen molar-refractivity contribution < 1.29 is 14.3 Å². The maximum atomic E-state index is 11.7. The average molecular weight is 198 g/mol. The number of ketones is 1. The van der Waals surface area contributed by atoms with Gasteiger partial charge in [-0.2, -0.15) is 0 Å². The van der Waals surface area contributed by atoms with Gasteiger partial charge in [0, 0.05) is 6.42 Å². The normalized spacial score (nSPS) is 18.0. The molecular weight excluding hydrogens is 180 g/mol. The molecule has 0 aliphatic heterocycles. The van der Waals surface area contributed by atoms with Crippen LogP contribution in [0.5, 0.6) is 0 Å². The molecule has 1 atom stereocenters. The van der Waals surface area contributed by atoms with E-state index in [0.717, 1.165) is 12.8 Å². The number of esters is 1. The summed E-state index contributed by atoms with van der Waals surface area (Å²) in [6.45, 7) is 3.76. The molecule has 1 fully saturated rings. The zero-order valence-electron chi connectivity index (χ0n) is 9.08. The molecule has 1 aliphatic rings. The minimum Gasteiger partial charge on any atom is -0.468 e. The maximum absolute atomic E-state index is 11.7. The molecule has 14 heavy (non-hydrogen) atoms. The lowest BCUT2D eigenvalue weighted by molar-refractivity contribution is -0.151. The Morgan fingerprint density at radius 3 is 2.29 bits per heavy atom. The van der Waals surface area contributed by atoms with Crippen LogP contribution in [-0.2, 0) is 14.3 Å². The Hall–Kier alpha value is -0.860. The van der Waals surface area contributed by atoms with Crippen molar-refractivity contribution in [3.63, 3.8) is 0 Å². The van der Waals surface area contributed by atoms with Gasteiger partial charge in [-0.1, -0.05) is 13.8 Å². The van der Waals surface area contributed by atoms with Crippen LogP contribution in [0.1, 0.15) is 33.1 Å². The Morgan fingerprint density at radius 1 is 1.36 bits per heavy atom. The Kier molecular flexibility index (Phi) is 3.67. The van der Waals surface area contributed by atoms with Gasteiger partial charge in [0.05, 0.1) is 7.11 Å². The highest BCUT2D eigenvalue weighted by atomic mass is 16.5. The zero-order chi connectivity index (χ0) is 10.7. The van der Waals surface area contributed by atoms with Crippen molar-refractivity contribution in [3.8, 4) is 0 Å². The van der Waals surface area contributed by atoms with E-state index < -0.39 is 5.92 Å². The Morgan fingerprint density at radius 2 is 1.93 bits per heavy atom. The Balaban J connectivity index is 2.55. The molecule has 0 aromatic rings. The molecule has 1 rings (SSSR count). The number of hydrogen-bond donors (Lipinski definition) is 0. The third-order valence-electron chi connectivity index (χ3n) is 2.66. The highest BCUT2D eigenvalue weighted by Crippen LogP contribution is 2.34. The second kappa shape index (κ2) is 4.58. The summed E-state index contributed by atoms with van der Waals surface area (Å²) in [4.78, 5) is 23.1. The average Bonchev–Trinajstić information content (AvgIpc) is 2.87. The van der Waals surface area contributed by atoms with Crippen LogP contribution in [0.2, 0.25) is 0 Å². The molecule has 0 spiro atoms. The predicted molar refractivity (Wildman–Crippen MR) is 52.7 cm³/mol. The predicted octanol–water partition coefficient (Wildman–Crippen LogP) is 1.80. The lowest BCUT2D eigenvalue weighted by Gasteiger charge is -2.16. The monoisotopic (exact) mass is 198 g/mol. The fourth-order valence-corrected chi connectivity index (χ4v) is 1.64. The van der Waals surface area contributed by atoms with Crippen molar-refractivity contribution in [1.82, 2.24) is 0 Å². The molecule has 80 valence electrons. The number of ether oxygens (including phenoxy) is 1. The van der Waals surface area contributed by atoms with Gasteiger partial charge in [0.25, 0.3) is 0 Å². The number of methoxy groups -OCH3 is 1. The number of Topliss-reactive ketones (excluding diaryl/α,β-unsaturated/α-hetero) is 1.